The van der Waals surface area contributed by atoms with Gasteiger partial charge in [-0.3, -0.25) is 10.1 Å². The van der Waals surface area contributed by atoms with E-state index < -0.39 is 22.2 Å². The topological polar surface area (TPSA) is 179 Å². The van der Waals surface area contributed by atoms with Crippen LogP contribution in [0.25, 0.3) is 23.0 Å². The summed E-state index contributed by atoms with van der Waals surface area (Å²) in [5, 5.41) is 23.4. The van der Waals surface area contributed by atoms with E-state index in [4.69, 9.17) is 33.3 Å². The number of aromatic amines is 1. The van der Waals surface area contributed by atoms with Crippen molar-refractivity contribution in [3.8, 4) is 16.9 Å². The third kappa shape index (κ3) is 7.32. The number of benzene rings is 2. The molecule has 0 bridgehead atoms. The van der Waals surface area contributed by atoms with Crippen LogP contribution in [0.2, 0.25) is 10.2 Å². The van der Waals surface area contributed by atoms with Gasteiger partial charge in [-0.25, -0.2) is 22.5 Å². The Morgan fingerprint density at radius 2 is 1.83 bits per heavy atom. The van der Waals surface area contributed by atoms with E-state index in [1.165, 1.54) is 27.6 Å². The Labute approximate surface area is 280 Å². The second-order valence-electron chi connectivity index (χ2n) is 11.6. The molecular weight excluding hydrogens is 669 g/mol. The molecule has 246 valence electrons. The van der Waals surface area contributed by atoms with Crippen molar-refractivity contribution in [1.29, 1.82) is 0 Å². The summed E-state index contributed by atoms with van der Waals surface area (Å²) in [4.78, 5) is 34.7. The monoisotopic (exact) mass is 699 g/mol. The normalized spacial score (nSPS) is 19.4. The van der Waals surface area contributed by atoms with Crippen molar-refractivity contribution in [1.82, 2.24) is 39.4 Å². The first-order valence-corrected chi connectivity index (χ1v) is 17.4. The number of tetrazole rings is 1. The van der Waals surface area contributed by atoms with Gasteiger partial charge in [0.2, 0.25) is 15.9 Å². The molecule has 3 N–H and O–H groups in total. The quantitative estimate of drug-likeness (QED) is 0.219. The number of halogens is 2. The number of likely N-dealkylation sites (tertiary alicyclic amines) is 1. The molecule has 14 nitrogen and oxygen atoms in total. The number of carbonyl (C=O) groups excluding carboxylic acids is 1. The van der Waals surface area contributed by atoms with Gasteiger partial charge in [0.1, 0.15) is 23.0 Å². The van der Waals surface area contributed by atoms with Crippen LogP contribution in [-0.4, -0.2) is 90.8 Å². The SMILES string of the molecule is CS(=O)(=O)N1CCC([C@H]2C[C@@H](c3nc(-c4ccc(NC(=O)O)cc4)c(Cl)[nH]3)N(C(=O)/C=C/c3cc(Cl)ccc3-n3cnnn3)C2)CC1. The molecule has 2 aliphatic heterocycles. The number of hydrogen-bond acceptors (Lipinski definition) is 8. The van der Waals surface area contributed by atoms with Crippen molar-refractivity contribution in [2.75, 3.05) is 31.2 Å². The fourth-order valence-corrected chi connectivity index (χ4v) is 7.64. The Hall–Kier alpha value is -4.31. The summed E-state index contributed by atoms with van der Waals surface area (Å²) in [5.41, 5.74) is 2.83. The Kier molecular flexibility index (Phi) is 9.32. The van der Waals surface area contributed by atoms with Crippen LogP contribution in [0.5, 0.6) is 0 Å². The third-order valence-corrected chi connectivity index (χ3v) is 10.5. The summed E-state index contributed by atoms with van der Waals surface area (Å²) in [6, 6.07) is 11.4. The summed E-state index contributed by atoms with van der Waals surface area (Å²) in [6.07, 6.45) is 6.67. The number of imidazole rings is 1. The average Bonchev–Trinajstić information content (AvgIpc) is 3.80. The lowest BCUT2D eigenvalue weighted by Gasteiger charge is -2.33. The van der Waals surface area contributed by atoms with Gasteiger partial charge in [-0.2, -0.15) is 4.68 Å². The molecule has 2 saturated heterocycles. The second kappa shape index (κ2) is 13.4. The van der Waals surface area contributed by atoms with E-state index in [-0.39, 0.29) is 22.9 Å². The number of sulfonamides is 1. The van der Waals surface area contributed by atoms with Crippen molar-refractivity contribution in [3.63, 3.8) is 0 Å². The van der Waals surface area contributed by atoms with Gasteiger partial charge in [0.25, 0.3) is 0 Å². The molecule has 6 rings (SSSR count). The molecule has 2 aromatic carbocycles. The van der Waals surface area contributed by atoms with Gasteiger partial charge < -0.3 is 15.0 Å². The van der Waals surface area contributed by atoms with Crippen molar-refractivity contribution in [3.05, 3.63) is 76.4 Å². The lowest BCUT2D eigenvalue weighted by Crippen LogP contribution is -2.40. The number of carboxylic acid groups (broad SMARTS) is 1. The maximum Gasteiger partial charge on any atom is 0.409 e. The van der Waals surface area contributed by atoms with Crippen LogP contribution < -0.4 is 5.32 Å². The van der Waals surface area contributed by atoms with Gasteiger partial charge in [-0.1, -0.05) is 35.3 Å². The molecule has 2 aromatic heterocycles. The van der Waals surface area contributed by atoms with Crippen LogP contribution in [0.3, 0.4) is 0 Å². The van der Waals surface area contributed by atoms with Gasteiger partial charge in [0, 0.05) is 47.5 Å². The van der Waals surface area contributed by atoms with Crippen LogP contribution >= 0.6 is 23.2 Å². The Balaban J connectivity index is 1.28. The zero-order chi connectivity index (χ0) is 33.3. The number of hydrogen-bond donors (Lipinski definition) is 3. The smallest absolute Gasteiger partial charge is 0.409 e. The van der Waals surface area contributed by atoms with E-state index >= 15 is 0 Å². The largest absolute Gasteiger partial charge is 0.465 e. The molecule has 0 spiro atoms. The minimum Gasteiger partial charge on any atom is -0.465 e. The Bertz CT molecular complexity index is 1910. The molecular formula is C30H31Cl2N9O5S. The highest BCUT2D eigenvalue weighted by molar-refractivity contribution is 7.88. The number of H-pyrrole nitrogens is 1. The second-order valence-corrected chi connectivity index (χ2v) is 14.4. The molecule has 0 aliphatic carbocycles. The van der Waals surface area contributed by atoms with E-state index in [1.54, 1.807) is 53.4 Å². The highest BCUT2D eigenvalue weighted by Crippen LogP contribution is 2.42. The van der Waals surface area contributed by atoms with Crippen molar-refractivity contribution in [2.24, 2.45) is 11.8 Å². The van der Waals surface area contributed by atoms with E-state index in [1.807, 2.05) is 0 Å². The number of nitrogens with one attached hydrogen (secondary N) is 2. The first-order valence-electron chi connectivity index (χ1n) is 14.8. The summed E-state index contributed by atoms with van der Waals surface area (Å²) in [6.45, 7) is 1.34. The number of carbonyl (C=O) groups is 2. The van der Waals surface area contributed by atoms with Gasteiger partial charge >= 0.3 is 6.09 Å². The zero-order valence-electron chi connectivity index (χ0n) is 25.1. The van der Waals surface area contributed by atoms with E-state index in [0.29, 0.717) is 77.9 Å². The number of anilines is 1. The number of aromatic nitrogens is 6. The maximum atomic E-state index is 13.9. The first kappa shape index (κ1) is 32.6. The van der Waals surface area contributed by atoms with Gasteiger partial charge in [-0.15, -0.1) is 5.10 Å². The standard InChI is InChI=1S/C30H31Cl2N9O5S/c1-47(45,46)39-12-10-18(11-13-39)21-15-25(29-35-27(28(32)36-29)19-2-6-23(7-3-19)34-30(43)44)40(16-21)26(42)9-4-20-14-22(31)5-8-24(20)41-17-33-37-38-41/h2-9,14,17-18,21,25,34H,10-13,15-16H2,1H3,(H,35,36)(H,43,44)/b9-4+/t21-,25-/m0/s1. The number of rotatable bonds is 8. The van der Waals surface area contributed by atoms with E-state index in [9.17, 15) is 18.0 Å². The van der Waals surface area contributed by atoms with Crippen molar-refractivity contribution >= 4 is 57.0 Å². The lowest BCUT2D eigenvalue weighted by molar-refractivity contribution is -0.127. The number of nitrogens with zero attached hydrogens (tertiary/aromatic N) is 7. The molecule has 4 aromatic rings. The predicted octanol–water partition coefficient (Wildman–Crippen LogP) is 4.72. The molecule has 2 amide bonds. The minimum atomic E-state index is -3.27. The van der Waals surface area contributed by atoms with Crippen LogP contribution in [0.1, 0.15) is 36.7 Å². The number of amides is 2. The molecule has 0 saturated carbocycles. The zero-order valence-corrected chi connectivity index (χ0v) is 27.5. The lowest BCUT2D eigenvalue weighted by atomic mass is 9.83. The summed E-state index contributed by atoms with van der Waals surface area (Å²) >= 11 is 12.9. The summed E-state index contributed by atoms with van der Waals surface area (Å²) in [7, 11) is -3.27. The Morgan fingerprint density at radius 1 is 1.09 bits per heavy atom. The maximum absolute atomic E-state index is 13.9. The minimum absolute atomic E-state index is 0.107. The highest BCUT2D eigenvalue weighted by atomic mass is 35.5. The molecule has 2 aliphatic rings. The molecule has 47 heavy (non-hydrogen) atoms. The van der Waals surface area contributed by atoms with Crippen LogP contribution in [-0.2, 0) is 14.8 Å². The fraction of sp³-hybridized carbons (Fsp3) is 0.333. The van der Waals surface area contributed by atoms with E-state index in [2.05, 4.69) is 25.8 Å². The highest BCUT2D eigenvalue weighted by Gasteiger charge is 2.42. The molecule has 0 unspecified atom stereocenters. The van der Waals surface area contributed by atoms with Crippen molar-refractivity contribution < 1.29 is 23.1 Å². The molecule has 0 radical (unpaired) electrons. The van der Waals surface area contributed by atoms with Crippen molar-refractivity contribution in [2.45, 2.75) is 25.3 Å². The fourth-order valence-electron chi connectivity index (χ4n) is 6.34. The first-order chi connectivity index (χ1) is 22.5. The number of piperidine rings is 1. The Morgan fingerprint density at radius 3 is 2.49 bits per heavy atom. The van der Waals surface area contributed by atoms with E-state index in [0.717, 1.165) is 0 Å². The molecule has 2 atom stereocenters. The van der Waals surface area contributed by atoms with Crippen LogP contribution in [0.4, 0.5) is 10.5 Å². The summed E-state index contributed by atoms with van der Waals surface area (Å²) in [5.74, 6) is 0.603. The molecule has 2 fully saturated rings. The van der Waals surface area contributed by atoms with Gasteiger partial charge in [-0.05, 0) is 77.9 Å². The van der Waals surface area contributed by atoms with Crippen LogP contribution in [0, 0.1) is 11.8 Å². The average molecular weight is 701 g/mol. The van der Waals surface area contributed by atoms with Gasteiger partial charge in [0.05, 0.1) is 18.0 Å². The molecule has 17 heteroatoms. The van der Waals surface area contributed by atoms with Crippen LogP contribution in [0.15, 0.2) is 54.9 Å². The molecule has 4 heterocycles. The predicted molar refractivity (Wildman–Crippen MR) is 176 cm³/mol. The summed E-state index contributed by atoms with van der Waals surface area (Å²) < 4.78 is 27.2. The van der Waals surface area contributed by atoms with Gasteiger partial charge in [0.15, 0.2) is 0 Å². The third-order valence-electron chi connectivity index (χ3n) is 8.64.